The van der Waals surface area contributed by atoms with Crippen molar-refractivity contribution >= 4 is 17.7 Å². The maximum Gasteiger partial charge on any atom is 0.321 e. The summed E-state index contributed by atoms with van der Waals surface area (Å²) in [4.78, 5) is 24.9. The van der Waals surface area contributed by atoms with Gasteiger partial charge in [-0.3, -0.25) is 4.79 Å². The van der Waals surface area contributed by atoms with Crippen LogP contribution in [0.15, 0.2) is 18.2 Å². The molecule has 3 rings (SSSR count). The monoisotopic (exact) mass is 304 g/mol. The van der Waals surface area contributed by atoms with E-state index in [1.54, 1.807) is 4.90 Å². The average molecular weight is 304 g/mol. The molecule has 0 spiro atoms. The van der Waals surface area contributed by atoms with Gasteiger partial charge in [0.2, 0.25) is 0 Å². The number of hydrogen-bond donors (Lipinski definition) is 2. The highest BCUT2D eigenvalue weighted by Gasteiger charge is 2.28. The van der Waals surface area contributed by atoms with Crippen LogP contribution >= 0.6 is 0 Å². The van der Waals surface area contributed by atoms with E-state index in [9.17, 15) is 9.59 Å². The number of nitrogens with one attached hydrogen (secondary N) is 1. The lowest BCUT2D eigenvalue weighted by molar-refractivity contribution is -0.143. The number of benzene rings is 1. The Morgan fingerprint density at radius 1 is 1.32 bits per heavy atom. The second-order valence-corrected chi connectivity index (χ2v) is 5.83. The summed E-state index contributed by atoms with van der Waals surface area (Å²) in [5.41, 5.74) is 1.83. The lowest BCUT2D eigenvalue weighted by atomic mass is 9.99. The Morgan fingerprint density at radius 3 is 3.00 bits per heavy atom. The van der Waals surface area contributed by atoms with E-state index in [1.807, 2.05) is 18.2 Å². The van der Waals surface area contributed by atoms with Gasteiger partial charge in [0, 0.05) is 18.8 Å². The van der Waals surface area contributed by atoms with Crippen molar-refractivity contribution in [2.45, 2.75) is 25.7 Å². The largest absolute Gasteiger partial charge is 0.493 e. The van der Waals surface area contributed by atoms with Crippen LogP contribution in [0, 0.1) is 5.92 Å². The van der Waals surface area contributed by atoms with E-state index in [2.05, 4.69) is 5.32 Å². The highest BCUT2D eigenvalue weighted by Crippen LogP contribution is 2.28. The number of likely N-dealkylation sites (tertiary alicyclic amines) is 1. The second kappa shape index (κ2) is 6.25. The third kappa shape index (κ3) is 3.16. The van der Waals surface area contributed by atoms with E-state index in [4.69, 9.17) is 9.84 Å². The van der Waals surface area contributed by atoms with Crippen LogP contribution in [0.4, 0.5) is 10.5 Å². The number of hydrogen-bond acceptors (Lipinski definition) is 3. The molecule has 0 radical (unpaired) electrons. The fourth-order valence-corrected chi connectivity index (χ4v) is 3.00. The number of rotatable bonds is 2. The number of nitrogens with zero attached hydrogens (tertiary/aromatic N) is 1. The number of piperidine rings is 1. The molecule has 0 bridgehead atoms. The number of aliphatic carboxylic acids is 1. The van der Waals surface area contributed by atoms with Gasteiger partial charge < -0.3 is 20.1 Å². The quantitative estimate of drug-likeness (QED) is 0.879. The summed E-state index contributed by atoms with van der Waals surface area (Å²) in [6, 6.07) is 5.40. The molecule has 1 atom stereocenters. The Bertz CT molecular complexity index is 588. The highest BCUT2D eigenvalue weighted by molar-refractivity contribution is 5.90. The predicted molar refractivity (Wildman–Crippen MR) is 81.2 cm³/mol. The van der Waals surface area contributed by atoms with Crippen molar-refractivity contribution in [2.75, 3.05) is 25.0 Å². The van der Waals surface area contributed by atoms with Crippen LogP contribution in [-0.2, 0) is 11.2 Å². The molecule has 0 saturated carbocycles. The van der Waals surface area contributed by atoms with Crippen molar-refractivity contribution in [2.24, 2.45) is 5.92 Å². The zero-order valence-electron chi connectivity index (χ0n) is 12.4. The van der Waals surface area contributed by atoms with Crippen molar-refractivity contribution in [1.82, 2.24) is 4.90 Å². The molecule has 22 heavy (non-hydrogen) atoms. The first kappa shape index (κ1) is 14.7. The maximum absolute atomic E-state index is 12.3. The Morgan fingerprint density at radius 2 is 2.18 bits per heavy atom. The van der Waals surface area contributed by atoms with E-state index in [0.29, 0.717) is 13.0 Å². The molecule has 0 aromatic heterocycles. The molecule has 1 aromatic carbocycles. The Labute approximate surface area is 129 Å². The first-order chi connectivity index (χ1) is 10.6. The number of aryl methyl sites for hydroxylation is 1. The van der Waals surface area contributed by atoms with Crippen LogP contribution in [-0.4, -0.2) is 41.7 Å². The minimum atomic E-state index is -0.830. The molecular formula is C16H20N2O4. The van der Waals surface area contributed by atoms with Crippen LogP contribution in [0.5, 0.6) is 5.75 Å². The average Bonchev–Trinajstić information content (AvgIpc) is 2.55. The third-order valence-corrected chi connectivity index (χ3v) is 4.22. The van der Waals surface area contributed by atoms with Gasteiger partial charge in [-0.05, 0) is 49.4 Å². The number of anilines is 1. The maximum atomic E-state index is 12.3. The van der Waals surface area contributed by atoms with Crippen molar-refractivity contribution in [3.63, 3.8) is 0 Å². The Kier molecular flexibility index (Phi) is 4.18. The fraction of sp³-hybridized carbons (Fsp3) is 0.500. The Balaban J connectivity index is 1.65. The van der Waals surface area contributed by atoms with E-state index in [-0.39, 0.29) is 12.6 Å². The van der Waals surface area contributed by atoms with Gasteiger partial charge in [-0.15, -0.1) is 0 Å². The lowest BCUT2D eigenvalue weighted by Crippen LogP contribution is -2.44. The molecule has 2 N–H and O–H groups in total. The van der Waals surface area contributed by atoms with Gasteiger partial charge in [0.05, 0.1) is 12.5 Å². The van der Waals surface area contributed by atoms with Gasteiger partial charge >= 0.3 is 12.0 Å². The molecule has 1 aromatic rings. The minimum absolute atomic E-state index is 0.234. The number of carbonyl (C=O) groups excluding carboxylic acids is 1. The third-order valence-electron chi connectivity index (χ3n) is 4.22. The summed E-state index contributed by atoms with van der Waals surface area (Å²) in [5, 5.41) is 11.9. The van der Waals surface area contributed by atoms with Crippen LogP contribution in [0.1, 0.15) is 24.8 Å². The summed E-state index contributed by atoms with van der Waals surface area (Å²) < 4.78 is 5.55. The van der Waals surface area contributed by atoms with Gasteiger partial charge in [0.1, 0.15) is 5.75 Å². The summed E-state index contributed by atoms with van der Waals surface area (Å²) >= 11 is 0. The first-order valence-electron chi connectivity index (χ1n) is 7.68. The fourth-order valence-electron chi connectivity index (χ4n) is 3.00. The van der Waals surface area contributed by atoms with E-state index in [1.165, 1.54) is 0 Å². The summed E-state index contributed by atoms with van der Waals surface area (Å²) in [5.74, 6) is -0.409. The first-order valence-corrected chi connectivity index (χ1v) is 7.68. The van der Waals surface area contributed by atoms with Crippen molar-refractivity contribution in [1.29, 1.82) is 0 Å². The predicted octanol–water partition coefficient (Wildman–Crippen LogP) is 2.34. The number of urea groups is 1. The van der Waals surface area contributed by atoms with Gasteiger partial charge in [0.25, 0.3) is 0 Å². The molecule has 2 heterocycles. The molecule has 6 heteroatoms. The molecule has 118 valence electrons. The van der Waals surface area contributed by atoms with E-state index >= 15 is 0 Å². The number of ether oxygens (including phenoxy) is 1. The number of carbonyl (C=O) groups is 2. The van der Waals surface area contributed by atoms with E-state index < -0.39 is 11.9 Å². The summed E-state index contributed by atoms with van der Waals surface area (Å²) in [6.45, 7) is 1.61. The van der Waals surface area contributed by atoms with Gasteiger partial charge in [-0.25, -0.2) is 4.79 Å². The molecule has 1 fully saturated rings. The SMILES string of the molecule is O=C(O)C1CCCN(C(=O)Nc2ccc3c(c2)CCCO3)C1. The molecule has 2 amide bonds. The van der Waals surface area contributed by atoms with Crippen molar-refractivity contribution in [3.8, 4) is 5.75 Å². The molecule has 2 aliphatic rings. The van der Waals surface area contributed by atoms with Crippen LogP contribution in [0.25, 0.3) is 0 Å². The van der Waals surface area contributed by atoms with Gasteiger partial charge in [-0.1, -0.05) is 0 Å². The van der Waals surface area contributed by atoms with Gasteiger partial charge in [-0.2, -0.15) is 0 Å². The zero-order valence-corrected chi connectivity index (χ0v) is 12.4. The minimum Gasteiger partial charge on any atom is -0.493 e. The normalized spacial score (nSPS) is 20.7. The molecule has 1 unspecified atom stereocenters. The van der Waals surface area contributed by atoms with Gasteiger partial charge in [0.15, 0.2) is 0 Å². The van der Waals surface area contributed by atoms with E-state index in [0.717, 1.165) is 42.9 Å². The summed E-state index contributed by atoms with van der Waals surface area (Å²) in [7, 11) is 0. The van der Waals surface area contributed by atoms with Crippen molar-refractivity contribution < 1.29 is 19.4 Å². The van der Waals surface area contributed by atoms with Crippen LogP contribution < -0.4 is 10.1 Å². The number of carboxylic acid groups (broad SMARTS) is 1. The van der Waals surface area contributed by atoms with Crippen molar-refractivity contribution in [3.05, 3.63) is 23.8 Å². The lowest BCUT2D eigenvalue weighted by Gasteiger charge is -2.30. The van der Waals surface area contributed by atoms with Crippen LogP contribution in [0.3, 0.4) is 0 Å². The number of amides is 2. The molecular weight excluding hydrogens is 284 g/mol. The summed E-state index contributed by atoms with van der Waals surface area (Å²) in [6.07, 6.45) is 3.29. The van der Waals surface area contributed by atoms with Crippen LogP contribution in [0.2, 0.25) is 0 Å². The smallest absolute Gasteiger partial charge is 0.321 e. The highest BCUT2D eigenvalue weighted by atomic mass is 16.5. The standard InChI is InChI=1S/C16H20N2O4/c19-15(20)12-3-1-7-18(10-12)16(21)17-13-5-6-14-11(9-13)4-2-8-22-14/h5-6,9,12H,1-4,7-8,10H2,(H,17,21)(H,19,20). The Hall–Kier alpha value is -2.24. The second-order valence-electron chi connectivity index (χ2n) is 5.83. The molecule has 0 aliphatic carbocycles. The molecule has 6 nitrogen and oxygen atoms in total. The topological polar surface area (TPSA) is 78.9 Å². The number of fused-ring (bicyclic) bond motifs is 1. The molecule has 2 aliphatic heterocycles. The number of carboxylic acids is 1. The zero-order chi connectivity index (χ0) is 15.5. The molecule has 1 saturated heterocycles.